The van der Waals surface area contributed by atoms with Gasteiger partial charge < -0.3 is 10.3 Å². The Morgan fingerprint density at radius 3 is 2.47 bits per heavy atom. The van der Waals surface area contributed by atoms with E-state index in [9.17, 15) is 13.2 Å². The van der Waals surface area contributed by atoms with E-state index in [-0.39, 0.29) is 22.8 Å². The van der Waals surface area contributed by atoms with Crippen molar-refractivity contribution in [2.24, 2.45) is 11.8 Å². The third-order valence-corrected chi connectivity index (χ3v) is 8.01. The minimum absolute atomic E-state index is 0.00804. The molecule has 8 heteroatoms. The van der Waals surface area contributed by atoms with Gasteiger partial charge in [-0.25, -0.2) is 18.1 Å². The lowest BCUT2D eigenvalue weighted by molar-refractivity contribution is -0.126. The van der Waals surface area contributed by atoms with Crippen molar-refractivity contribution in [3.05, 3.63) is 48.5 Å². The first-order chi connectivity index (χ1) is 15.5. The lowest BCUT2D eigenvalue weighted by Crippen LogP contribution is -2.41. The number of benzene rings is 2. The van der Waals surface area contributed by atoms with Crippen molar-refractivity contribution in [3.63, 3.8) is 0 Å². The van der Waals surface area contributed by atoms with Gasteiger partial charge in [0, 0.05) is 24.1 Å². The third-order valence-electron chi connectivity index (χ3n) is 6.49. The van der Waals surface area contributed by atoms with Crippen LogP contribution in [-0.2, 0) is 14.8 Å². The van der Waals surface area contributed by atoms with Crippen LogP contribution < -0.4 is 10.0 Å². The summed E-state index contributed by atoms with van der Waals surface area (Å²) >= 11 is 0. The van der Waals surface area contributed by atoms with Gasteiger partial charge in [0.15, 0.2) is 0 Å². The summed E-state index contributed by atoms with van der Waals surface area (Å²) < 4.78 is 28.8. The van der Waals surface area contributed by atoms with E-state index in [4.69, 9.17) is 0 Å². The van der Waals surface area contributed by atoms with Gasteiger partial charge in [-0.3, -0.25) is 4.79 Å². The molecule has 0 atom stereocenters. The zero-order valence-corrected chi connectivity index (χ0v) is 18.7. The number of carbonyl (C=O) groups excluding carboxylic acids is 1. The summed E-state index contributed by atoms with van der Waals surface area (Å²) in [5, 5.41) is 3.05. The number of nitrogens with one attached hydrogen (secondary N) is 3. The molecule has 0 bridgehead atoms. The van der Waals surface area contributed by atoms with Crippen LogP contribution in [0.4, 0.5) is 0 Å². The minimum atomic E-state index is -3.66. The monoisotopic (exact) mass is 452 g/mol. The first-order valence-corrected chi connectivity index (χ1v) is 12.8. The maximum atomic E-state index is 13.0. The number of nitrogens with zero attached hydrogens (tertiary/aromatic N) is 1. The van der Waals surface area contributed by atoms with Crippen molar-refractivity contribution < 1.29 is 13.2 Å². The van der Waals surface area contributed by atoms with Crippen LogP contribution in [0.25, 0.3) is 22.4 Å². The smallest absolute Gasteiger partial charge is 0.240 e. The molecule has 0 unspecified atom stereocenters. The number of fused-ring (bicyclic) bond motifs is 1. The van der Waals surface area contributed by atoms with E-state index in [1.165, 1.54) is 12.8 Å². The largest absolute Gasteiger partial charge is 0.356 e. The van der Waals surface area contributed by atoms with Crippen LogP contribution in [0.15, 0.2) is 53.4 Å². The number of H-pyrrole nitrogens is 1. The summed E-state index contributed by atoms with van der Waals surface area (Å²) in [5.41, 5.74) is 2.35. The van der Waals surface area contributed by atoms with Crippen molar-refractivity contribution in [2.45, 2.75) is 49.5 Å². The van der Waals surface area contributed by atoms with Crippen LogP contribution in [0.1, 0.15) is 38.5 Å². The number of aromatic nitrogens is 2. The number of hydrogen-bond donors (Lipinski definition) is 3. The number of hydrogen-bond acceptors (Lipinski definition) is 4. The Balaban J connectivity index is 1.23. The van der Waals surface area contributed by atoms with E-state index in [1.807, 2.05) is 30.3 Å². The average Bonchev–Trinajstić information content (AvgIpc) is 3.54. The van der Waals surface area contributed by atoms with E-state index < -0.39 is 10.0 Å². The molecule has 0 saturated heterocycles. The maximum Gasteiger partial charge on any atom is 0.240 e. The van der Waals surface area contributed by atoms with Gasteiger partial charge in [0.05, 0.1) is 15.9 Å². The second-order valence-corrected chi connectivity index (χ2v) is 10.7. The zero-order valence-electron chi connectivity index (χ0n) is 17.9. The number of carbonyl (C=O) groups is 1. The van der Waals surface area contributed by atoms with Gasteiger partial charge in [0.25, 0.3) is 0 Å². The van der Waals surface area contributed by atoms with Gasteiger partial charge in [0.1, 0.15) is 5.82 Å². The van der Waals surface area contributed by atoms with Gasteiger partial charge in [-0.15, -0.1) is 0 Å². The molecule has 7 nitrogen and oxygen atoms in total. The molecule has 2 fully saturated rings. The molecular formula is C24H28N4O3S. The second-order valence-electron chi connectivity index (χ2n) is 8.99. The number of aromatic amines is 1. The predicted molar refractivity (Wildman–Crippen MR) is 123 cm³/mol. The summed E-state index contributed by atoms with van der Waals surface area (Å²) in [6, 6.07) is 14.6. The Morgan fingerprint density at radius 2 is 1.75 bits per heavy atom. The van der Waals surface area contributed by atoms with Crippen LogP contribution in [0.3, 0.4) is 0 Å². The molecule has 2 saturated carbocycles. The zero-order chi connectivity index (χ0) is 22.1. The van der Waals surface area contributed by atoms with Crippen molar-refractivity contribution in [1.29, 1.82) is 0 Å². The molecular weight excluding hydrogens is 424 g/mol. The van der Waals surface area contributed by atoms with E-state index in [2.05, 4.69) is 20.0 Å². The van der Waals surface area contributed by atoms with Gasteiger partial charge in [-0.2, -0.15) is 0 Å². The third kappa shape index (κ3) is 4.71. The van der Waals surface area contributed by atoms with Crippen LogP contribution in [0, 0.1) is 11.8 Å². The van der Waals surface area contributed by atoms with Gasteiger partial charge in [-0.05, 0) is 62.6 Å². The molecule has 0 radical (unpaired) electrons. The van der Waals surface area contributed by atoms with E-state index in [0.29, 0.717) is 42.9 Å². The molecule has 5 rings (SSSR count). The Bertz CT molecular complexity index is 1210. The molecule has 3 aromatic rings. The van der Waals surface area contributed by atoms with Gasteiger partial charge in [-0.1, -0.05) is 30.3 Å². The van der Waals surface area contributed by atoms with Crippen LogP contribution in [0.2, 0.25) is 0 Å². The highest BCUT2D eigenvalue weighted by Crippen LogP contribution is 2.29. The fourth-order valence-corrected chi connectivity index (χ4v) is 5.68. The van der Waals surface area contributed by atoms with Crippen LogP contribution in [-0.4, -0.2) is 36.9 Å². The summed E-state index contributed by atoms with van der Waals surface area (Å²) in [4.78, 5) is 20.3. The molecule has 168 valence electrons. The summed E-state index contributed by atoms with van der Waals surface area (Å²) in [7, 11) is -3.66. The highest BCUT2D eigenvalue weighted by Gasteiger charge is 2.30. The van der Waals surface area contributed by atoms with Gasteiger partial charge in [0.2, 0.25) is 15.9 Å². The molecule has 1 heterocycles. The fourth-order valence-electron chi connectivity index (χ4n) is 4.36. The number of amides is 1. The number of imidazole rings is 1. The Hall–Kier alpha value is -2.71. The predicted octanol–water partition coefficient (Wildman–Crippen LogP) is 3.59. The second kappa shape index (κ2) is 8.67. The van der Waals surface area contributed by atoms with Gasteiger partial charge >= 0.3 is 0 Å². The molecule has 3 N–H and O–H groups in total. The molecule has 1 amide bonds. The summed E-state index contributed by atoms with van der Waals surface area (Å²) in [5.74, 6) is 1.49. The summed E-state index contributed by atoms with van der Waals surface area (Å²) in [6.07, 6.45) is 5.19. The first kappa shape index (κ1) is 21.2. The van der Waals surface area contributed by atoms with Crippen molar-refractivity contribution in [3.8, 4) is 11.4 Å². The molecule has 32 heavy (non-hydrogen) atoms. The molecule has 1 aromatic heterocycles. The molecule has 2 aliphatic rings. The van der Waals surface area contributed by atoms with Crippen LogP contribution >= 0.6 is 0 Å². The Labute approximate surface area is 188 Å². The molecule has 2 aromatic carbocycles. The summed E-state index contributed by atoms with van der Waals surface area (Å²) in [6.45, 7) is 0.785. The average molecular weight is 453 g/mol. The number of rotatable bonds is 7. The minimum Gasteiger partial charge on any atom is -0.356 e. The molecule has 0 aliphatic heterocycles. The van der Waals surface area contributed by atoms with Crippen LogP contribution in [0.5, 0.6) is 0 Å². The highest BCUT2D eigenvalue weighted by atomic mass is 32.2. The topological polar surface area (TPSA) is 104 Å². The fraction of sp³-hybridized carbons (Fsp3) is 0.417. The first-order valence-electron chi connectivity index (χ1n) is 11.3. The van der Waals surface area contributed by atoms with Crippen molar-refractivity contribution in [2.75, 3.05) is 6.54 Å². The van der Waals surface area contributed by atoms with E-state index in [1.54, 1.807) is 18.2 Å². The van der Waals surface area contributed by atoms with Crippen molar-refractivity contribution in [1.82, 2.24) is 20.0 Å². The standard InChI is InChI=1S/C24H28N4O3S/c29-24(25-15-16-6-7-16)18-8-10-19(11-9-18)28-32(30,31)20-12-13-21-22(14-20)27-23(26-21)17-4-2-1-3-5-17/h1-5,12-14,16,18-19,28H,6-11,15H2,(H,25,29)(H,26,27). The molecule has 2 aliphatic carbocycles. The lowest BCUT2D eigenvalue weighted by Gasteiger charge is -2.28. The highest BCUT2D eigenvalue weighted by molar-refractivity contribution is 7.89. The molecule has 0 spiro atoms. The normalized spacial score (nSPS) is 21.5. The van der Waals surface area contributed by atoms with E-state index >= 15 is 0 Å². The quantitative estimate of drug-likeness (QED) is 0.510. The number of sulfonamides is 1. The maximum absolute atomic E-state index is 13.0. The Morgan fingerprint density at radius 1 is 1.00 bits per heavy atom. The Kier molecular flexibility index (Phi) is 5.73. The van der Waals surface area contributed by atoms with Crippen molar-refractivity contribution >= 4 is 27.0 Å². The lowest BCUT2D eigenvalue weighted by atomic mass is 9.86. The van der Waals surface area contributed by atoms with E-state index in [0.717, 1.165) is 17.6 Å². The SMILES string of the molecule is O=C(NCC1CC1)C1CCC(NS(=O)(=O)c2ccc3[nH]c(-c4ccccc4)nc3c2)CC1.